The van der Waals surface area contributed by atoms with Crippen molar-refractivity contribution in [3.05, 3.63) is 55.0 Å². The van der Waals surface area contributed by atoms with Crippen LogP contribution in [0.2, 0.25) is 5.02 Å². The van der Waals surface area contributed by atoms with Crippen LogP contribution in [-0.2, 0) is 20.5 Å². The maximum absolute atomic E-state index is 12.4. The van der Waals surface area contributed by atoms with Crippen LogP contribution >= 0.6 is 35.6 Å². The lowest BCUT2D eigenvalue weighted by molar-refractivity contribution is 0.102. The maximum atomic E-state index is 12.4. The smallest absolute Gasteiger partial charge is 0.293 e. The number of hydrogen-bond donors (Lipinski definition) is 0. The zero-order valence-electron chi connectivity index (χ0n) is 14.0. The van der Waals surface area contributed by atoms with Crippen LogP contribution in [0, 0.1) is 11.6 Å². The standard InChI is InChI=1S/C17H16ClN3O2S2/c1-9-6-10(4-5-12(9)18)13(22)8-25-14-7-11-15(19-14)20(2)17(23)21(3)16(11)24/h4-6H,7-8H2,1-3H3. The summed E-state index contributed by atoms with van der Waals surface area (Å²) >= 11 is 12.7. The van der Waals surface area contributed by atoms with Crippen LogP contribution in [0.3, 0.4) is 0 Å². The average Bonchev–Trinajstić information content (AvgIpc) is 3.03. The molecule has 1 aliphatic rings. The van der Waals surface area contributed by atoms with Gasteiger partial charge in [0.1, 0.15) is 10.5 Å². The first-order valence-electron chi connectivity index (χ1n) is 7.58. The van der Waals surface area contributed by atoms with Gasteiger partial charge in [0.2, 0.25) is 0 Å². The average molecular weight is 394 g/mol. The molecule has 0 radical (unpaired) electrons. The van der Waals surface area contributed by atoms with Gasteiger partial charge in [0.25, 0.3) is 0 Å². The first-order chi connectivity index (χ1) is 11.8. The zero-order valence-corrected chi connectivity index (χ0v) is 16.4. The van der Waals surface area contributed by atoms with Crippen LogP contribution in [0.15, 0.2) is 28.0 Å². The lowest BCUT2D eigenvalue weighted by atomic mass is 10.1. The second-order valence-electron chi connectivity index (χ2n) is 5.87. The van der Waals surface area contributed by atoms with E-state index in [4.69, 9.17) is 23.8 Å². The number of hydrogen-bond acceptors (Lipinski definition) is 5. The van der Waals surface area contributed by atoms with Gasteiger partial charge in [-0.05, 0) is 30.7 Å². The van der Waals surface area contributed by atoms with Gasteiger partial charge in [-0.15, -0.1) is 11.8 Å². The predicted molar refractivity (Wildman–Crippen MR) is 105 cm³/mol. The topological polar surface area (TPSA) is 56.4 Å². The molecule has 0 unspecified atom stereocenters. The molecule has 0 N–H and O–H groups in total. The molecule has 0 atom stereocenters. The molecule has 5 nitrogen and oxygen atoms in total. The van der Waals surface area contributed by atoms with Crippen molar-refractivity contribution >= 4 is 52.2 Å². The van der Waals surface area contributed by atoms with Gasteiger partial charge in [-0.25, -0.2) is 9.79 Å². The Kier molecular flexibility index (Phi) is 4.99. The summed E-state index contributed by atoms with van der Waals surface area (Å²) in [6.45, 7) is 1.87. The fourth-order valence-corrected chi connectivity index (χ4v) is 3.86. The third kappa shape index (κ3) is 3.36. The molecule has 0 saturated carbocycles. The molecule has 1 aliphatic heterocycles. The van der Waals surface area contributed by atoms with Crippen molar-refractivity contribution < 1.29 is 4.79 Å². The summed E-state index contributed by atoms with van der Waals surface area (Å²) in [4.78, 5) is 29.0. The molecule has 130 valence electrons. The van der Waals surface area contributed by atoms with Gasteiger partial charge >= 0.3 is 5.69 Å². The second-order valence-corrected chi connectivity index (χ2v) is 7.71. The number of benzene rings is 1. The Balaban J connectivity index is 1.77. The molecule has 0 fully saturated rings. The van der Waals surface area contributed by atoms with E-state index in [-0.39, 0.29) is 17.2 Å². The van der Waals surface area contributed by atoms with Gasteiger partial charge in [-0.3, -0.25) is 13.9 Å². The number of nitrogens with zero attached hydrogens (tertiary/aromatic N) is 3. The second kappa shape index (κ2) is 6.90. The zero-order chi connectivity index (χ0) is 18.3. The van der Waals surface area contributed by atoms with Crippen LogP contribution in [0.4, 0.5) is 5.82 Å². The van der Waals surface area contributed by atoms with Crippen molar-refractivity contribution in [3.8, 4) is 0 Å². The van der Waals surface area contributed by atoms with E-state index >= 15 is 0 Å². The number of fused-ring (bicyclic) bond motifs is 1. The summed E-state index contributed by atoms with van der Waals surface area (Å²) in [5, 5.41) is 1.44. The van der Waals surface area contributed by atoms with Crippen LogP contribution in [0.5, 0.6) is 0 Å². The molecule has 0 amide bonds. The SMILES string of the molecule is Cc1cc(C(=O)CSC2=Nc3c(c(=S)n(C)c(=O)n3C)C2)ccc1Cl. The molecule has 25 heavy (non-hydrogen) atoms. The Labute approximate surface area is 159 Å². The van der Waals surface area contributed by atoms with Crippen molar-refractivity contribution in [1.29, 1.82) is 0 Å². The maximum Gasteiger partial charge on any atom is 0.330 e. The van der Waals surface area contributed by atoms with E-state index in [1.54, 1.807) is 32.3 Å². The quantitative estimate of drug-likeness (QED) is 0.590. The van der Waals surface area contributed by atoms with Crippen LogP contribution in [0.1, 0.15) is 21.5 Å². The summed E-state index contributed by atoms with van der Waals surface area (Å²) < 4.78 is 3.43. The van der Waals surface area contributed by atoms with Gasteiger partial charge < -0.3 is 0 Å². The molecular weight excluding hydrogens is 378 g/mol. The van der Waals surface area contributed by atoms with Crippen LogP contribution in [-0.4, -0.2) is 25.7 Å². The summed E-state index contributed by atoms with van der Waals surface area (Å²) in [6, 6.07) is 5.26. The minimum absolute atomic E-state index is 0.0152. The van der Waals surface area contributed by atoms with Crippen LogP contribution < -0.4 is 5.69 Å². The van der Waals surface area contributed by atoms with Crippen molar-refractivity contribution in [2.75, 3.05) is 5.75 Å². The molecule has 2 heterocycles. The van der Waals surface area contributed by atoms with E-state index in [9.17, 15) is 9.59 Å². The van der Waals surface area contributed by atoms with Gasteiger partial charge in [0, 0.05) is 36.7 Å². The number of aliphatic imine (C=N–C) groups is 1. The molecule has 0 bridgehead atoms. The highest BCUT2D eigenvalue weighted by atomic mass is 35.5. The molecule has 2 aromatic rings. The number of rotatable bonds is 3. The number of carbonyl (C=O) groups excluding carboxylic acids is 1. The fourth-order valence-electron chi connectivity index (χ4n) is 2.64. The molecule has 8 heteroatoms. The Morgan fingerprint density at radius 2 is 2.08 bits per heavy atom. The number of thioether (sulfide) groups is 1. The van der Waals surface area contributed by atoms with E-state index in [0.717, 1.165) is 16.2 Å². The van der Waals surface area contributed by atoms with Gasteiger partial charge in [-0.2, -0.15) is 0 Å². The van der Waals surface area contributed by atoms with Crippen LogP contribution in [0.25, 0.3) is 0 Å². The molecule has 1 aromatic heterocycles. The summed E-state index contributed by atoms with van der Waals surface area (Å²) in [6.07, 6.45) is 0.549. The van der Waals surface area contributed by atoms with E-state index in [1.807, 2.05) is 6.92 Å². The summed E-state index contributed by atoms with van der Waals surface area (Å²) in [7, 11) is 3.33. The number of halogens is 1. The fraction of sp³-hybridized carbons (Fsp3) is 0.294. The minimum atomic E-state index is -0.202. The highest BCUT2D eigenvalue weighted by Gasteiger charge is 2.22. The Morgan fingerprint density at radius 1 is 1.36 bits per heavy atom. The Bertz CT molecular complexity index is 1040. The number of carbonyl (C=O) groups is 1. The largest absolute Gasteiger partial charge is 0.330 e. The molecular formula is C17H16ClN3O2S2. The molecule has 0 spiro atoms. The van der Waals surface area contributed by atoms with Crippen molar-refractivity contribution in [2.45, 2.75) is 13.3 Å². The predicted octanol–water partition coefficient (Wildman–Crippen LogP) is 3.62. The van der Waals surface area contributed by atoms with Gasteiger partial charge in [0.15, 0.2) is 5.78 Å². The number of ketones is 1. The van der Waals surface area contributed by atoms with E-state index < -0.39 is 0 Å². The molecule has 0 saturated heterocycles. The third-order valence-corrected chi connectivity index (χ3v) is 6.05. The first kappa shape index (κ1) is 18.1. The van der Waals surface area contributed by atoms with Gasteiger partial charge in [-0.1, -0.05) is 23.8 Å². The van der Waals surface area contributed by atoms with E-state index in [2.05, 4.69) is 4.99 Å². The van der Waals surface area contributed by atoms with E-state index in [0.29, 0.717) is 27.5 Å². The number of aromatic nitrogens is 2. The van der Waals surface area contributed by atoms with Crippen molar-refractivity contribution in [3.63, 3.8) is 0 Å². The van der Waals surface area contributed by atoms with E-state index in [1.165, 1.54) is 20.9 Å². The minimum Gasteiger partial charge on any atom is -0.293 e. The lowest BCUT2D eigenvalue weighted by Crippen LogP contribution is -2.28. The Morgan fingerprint density at radius 3 is 2.76 bits per heavy atom. The first-order valence-corrected chi connectivity index (χ1v) is 9.35. The summed E-state index contributed by atoms with van der Waals surface area (Å²) in [5.41, 5.74) is 2.16. The molecule has 3 rings (SSSR count). The number of Topliss-reactive ketones (excluding diaryl/α,β-unsaturated/α-hetero) is 1. The monoisotopic (exact) mass is 393 g/mol. The molecule has 1 aromatic carbocycles. The highest BCUT2D eigenvalue weighted by Crippen LogP contribution is 2.29. The molecule has 0 aliphatic carbocycles. The summed E-state index contributed by atoms with van der Waals surface area (Å²) in [5.74, 6) is 0.882. The highest BCUT2D eigenvalue weighted by molar-refractivity contribution is 8.14. The Hall–Kier alpha value is -1.70. The van der Waals surface area contributed by atoms with Gasteiger partial charge in [0.05, 0.1) is 10.8 Å². The van der Waals surface area contributed by atoms with Crippen molar-refractivity contribution in [2.24, 2.45) is 19.1 Å². The third-order valence-electron chi connectivity index (χ3n) is 4.13. The normalized spacial score (nSPS) is 12.9. The van der Waals surface area contributed by atoms with Crippen molar-refractivity contribution in [1.82, 2.24) is 9.13 Å². The number of aryl methyl sites for hydroxylation is 1. The lowest BCUT2D eigenvalue weighted by Gasteiger charge is -2.07.